The predicted octanol–water partition coefficient (Wildman–Crippen LogP) is 3.47. The Morgan fingerprint density at radius 2 is 1.89 bits per heavy atom. The molecule has 1 amide bonds. The van der Waals surface area contributed by atoms with E-state index in [1.165, 1.54) is 21.6 Å². The smallest absolute Gasteiger partial charge is 0.348 e. The molecule has 3 rings (SSSR count). The number of amides is 1. The van der Waals surface area contributed by atoms with Gasteiger partial charge in [-0.1, -0.05) is 0 Å². The number of aromatic nitrogens is 4. The van der Waals surface area contributed by atoms with Crippen LogP contribution in [0.4, 0.5) is 10.7 Å². The molecule has 3 aromatic rings. The number of nitrogens with one attached hydrogen (secondary N) is 1. The van der Waals surface area contributed by atoms with Crippen LogP contribution in [0.5, 0.6) is 0 Å². The highest BCUT2D eigenvalue weighted by Gasteiger charge is 2.28. The van der Waals surface area contributed by atoms with Gasteiger partial charge in [0.1, 0.15) is 27.9 Å². The zero-order valence-electron chi connectivity index (χ0n) is 20.6. The molecule has 192 valence electrons. The summed E-state index contributed by atoms with van der Waals surface area (Å²) in [7, 11) is 0. The number of nitro groups is 1. The third-order valence-electron chi connectivity index (χ3n) is 5.06. The molecular formula is C22H26N6O7S. The molecule has 14 heteroatoms. The Bertz CT molecular complexity index is 1340. The lowest BCUT2D eigenvalue weighted by Gasteiger charge is -2.10. The SMILES string of the molecule is CCOC(=O)c1sc(NC(=O)c2ccn(Cn3nc(C)c([N+](=O)[O-])c3C)n2)c(C(=O)OC(C)C)c1C. The molecule has 36 heavy (non-hydrogen) atoms. The Balaban J connectivity index is 1.86. The number of nitrogens with zero attached hydrogens (tertiary/aromatic N) is 5. The van der Waals surface area contributed by atoms with Crippen LogP contribution in [0, 0.1) is 30.9 Å². The fourth-order valence-corrected chi connectivity index (χ4v) is 4.55. The van der Waals surface area contributed by atoms with Crippen LogP contribution in [0.25, 0.3) is 0 Å². The molecular weight excluding hydrogens is 492 g/mol. The number of rotatable bonds is 9. The second-order valence-corrected chi connectivity index (χ2v) is 9.07. The molecule has 0 fully saturated rings. The number of hydrogen-bond acceptors (Lipinski definition) is 10. The second-order valence-electron chi connectivity index (χ2n) is 8.05. The molecule has 13 nitrogen and oxygen atoms in total. The summed E-state index contributed by atoms with van der Waals surface area (Å²) in [6.07, 6.45) is 1.11. The molecule has 1 N–H and O–H groups in total. The predicted molar refractivity (Wildman–Crippen MR) is 129 cm³/mol. The second kappa shape index (κ2) is 10.7. The molecule has 3 heterocycles. The Hall–Kier alpha value is -4.07. The number of esters is 2. The first-order chi connectivity index (χ1) is 16.9. The Kier molecular flexibility index (Phi) is 7.87. The average Bonchev–Trinajstić information content (AvgIpc) is 3.44. The van der Waals surface area contributed by atoms with Gasteiger partial charge in [0.2, 0.25) is 0 Å². The van der Waals surface area contributed by atoms with E-state index in [0.29, 0.717) is 11.3 Å². The van der Waals surface area contributed by atoms with Crippen LogP contribution in [-0.4, -0.2) is 55.0 Å². The van der Waals surface area contributed by atoms with Crippen molar-refractivity contribution in [3.63, 3.8) is 0 Å². The molecule has 0 spiro atoms. The number of anilines is 1. The van der Waals surface area contributed by atoms with Crippen molar-refractivity contribution >= 4 is 39.9 Å². The zero-order chi connectivity index (χ0) is 26.7. The number of hydrogen-bond donors (Lipinski definition) is 1. The topological polar surface area (TPSA) is 160 Å². The highest BCUT2D eigenvalue weighted by atomic mass is 32.1. The molecule has 0 aliphatic carbocycles. The fraction of sp³-hybridized carbons (Fsp3) is 0.409. The summed E-state index contributed by atoms with van der Waals surface area (Å²) >= 11 is 0.911. The van der Waals surface area contributed by atoms with E-state index in [2.05, 4.69) is 15.5 Å². The van der Waals surface area contributed by atoms with E-state index < -0.39 is 28.9 Å². The van der Waals surface area contributed by atoms with Crippen molar-refractivity contribution in [2.75, 3.05) is 11.9 Å². The highest BCUT2D eigenvalue weighted by molar-refractivity contribution is 7.18. The number of carbonyl (C=O) groups is 3. The normalized spacial score (nSPS) is 11.0. The van der Waals surface area contributed by atoms with Crippen LogP contribution in [0.2, 0.25) is 0 Å². The summed E-state index contributed by atoms with van der Waals surface area (Å²) in [4.78, 5) is 49.0. The van der Waals surface area contributed by atoms with Gasteiger partial charge in [-0.25, -0.2) is 14.3 Å². The van der Waals surface area contributed by atoms with Gasteiger partial charge >= 0.3 is 17.6 Å². The maximum atomic E-state index is 12.9. The lowest BCUT2D eigenvalue weighted by atomic mass is 10.1. The quantitative estimate of drug-likeness (QED) is 0.254. The fourth-order valence-electron chi connectivity index (χ4n) is 3.47. The molecule has 0 unspecified atom stereocenters. The van der Waals surface area contributed by atoms with Crippen molar-refractivity contribution in [2.45, 2.75) is 54.3 Å². The van der Waals surface area contributed by atoms with E-state index in [-0.39, 0.29) is 45.8 Å². The first-order valence-corrected chi connectivity index (χ1v) is 11.8. The van der Waals surface area contributed by atoms with E-state index in [0.717, 1.165) is 11.3 Å². The minimum absolute atomic E-state index is 0.0259. The van der Waals surface area contributed by atoms with Crippen molar-refractivity contribution in [2.24, 2.45) is 0 Å². The van der Waals surface area contributed by atoms with Crippen LogP contribution in [-0.2, 0) is 16.1 Å². The number of ether oxygens (including phenoxy) is 2. The summed E-state index contributed by atoms with van der Waals surface area (Å²) in [5.41, 5.74) is 0.988. The molecule has 0 aromatic carbocycles. The van der Waals surface area contributed by atoms with Crippen LogP contribution in [0.15, 0.2) is 12.3 Å². The van der Waals surface area contributed by atoms with Crippen molar-refractivity contribution in [3.05, 3.63) is 55.5 Å². The van der Waals surface area contributed by atoms with Gasteiger partial charge in [0, 0.05) is 6.20 Å². The first-order valence-electron chi connectivity index (χ1n) is 11.0. The third-order valence-corrected chi connectivity index (χ3v) is 6.25. The van der Waals surface area contributed by atoms with E-state index in [1.807, 2.05) is 0 Å². The van der Waals surface area contributed by atoms with Gasteiger partial charge in [0.25, 0.3) is 5.91 Å². The Morgan fingerprint density at radius 1 is 1.19 bits per heavy atom. The molecule has 0 aliphatic rings. The minimum Gasteiger partial charge on any atom is -0.462 e. The number of carbonyl (C=O) groups excluding carboxylic acids is 3. The molecule has 0 aliphatic heterocycles. The Morgan fingerprint density at radius 3 is 2.47 bits per heavy atom. The van der Waals surface area contributed by atoms with Gasteiger partial charge in [-0.3, -0.25) is 19.6 Å². The van der Waals surface area contributed by atoms with Crippen molar-refractivity contribution < 1.29 is 28.8 Å². The lowest BCUT2D eigenvalue weighted by molar-refractivity contribution is -0.386. The number of thiophene rings is 1. The molecule has 0 bridgehead atoms. The van der Waals surface area contributed by atoms with Gasteiger partial charge in [-0.05, 0) is 53.2 Å². The maximum Gasteiger partial charge on any atom is 0.348 e. The lowest BCUT2D eigenvalue weighted by Crippen LogP contribution is -2.18. The number of aryl methyl sites for hydroxylation is 1. The van der Waals surface area contributed by atoms with Crippen LogP contribution >= 0.6 is 11.3 Å². The van der Waals surface area contributed by atoms with Gasteiger partial charge < -0.3 is 14.8 Å². The van der Waals surface area contributed by atoms with Crippen molar-refractivity contribution in [1.29, 1.82) is 0 Å². The zero-order valence-corrected chi connectivity index (χ0v) is 21.5. The molecule has 0 atom stereocenters. The van der Waals surface area contributed by atoms with Gasteiger partial charge in [-0.2, -0.15) is 10.2 Å². The third kappa shape index (κ3) is 5.43. The standard InChI is InChI=1S/C22H26N6O7S/c1-7-34-22(31)18-12(4)16(21(30)35-11(2)3)20(36-18)23-19(29)15-8-9-26(25-15)10-27-14(6)17(28(32)33)13(5)24-27/h8-9,11H,7,10H2,1-6H3,(H,23,29). The van der Waals surface area contributed by atoms with Crippen molar-refractivity contribution in [1.82, 2.24) is 19.6 Å². The van der Waals surface area contributed by atoms with Gasteiger partial charge in [0.05, 0.1) is 23.2 Å². The summed E-state index contributed by atoms with van der Waals surface area (Å²) in [6.45, 7) is 9.94. The summed E-state index contributed by atoms with van der Waals surface area (Å²) in [5.74, 6) is -1.91. The van der Waals surface area contributed by atoms with E-state index in [4.69, 9.17) is 9.47 Å². The average molecular weight is 519 g/mol. The summed E-state index contributed by atoms with van der Waals surface area (Å²) in [6, 6.07) is 1.45. The van der Waals surface area contributed by atoms with Crippen LogP contribution in [0.3, 0.4) is 0 Å². The van der Waals surface area contributed by atoms with Gasteiger partial charge in [0.15, 0.2) is 5.69 Å². The van der Waals surface area contributed by atoms with E-state index >= 15 is 0 Å². The maximum absolute atomic E-state index is 12.9. The first kappa shape index (κ1) is 26.5. The van der Waals surface area contributed by atoms with Crippen LogP contribution in [0.1, 0.15) is 68.2 Å². The molecule has 3 aromatic heterocycles. The van der Waals surface area contributed by atoms with Crippen LogP contribution < -0.4 is 5.32 Å². The molecule has 0 saturated heterocycles. The van der Waals surface area contributed by atoms with Gasteiger partial charge in [-0.15, -0.1) is 11.3 Å². The van der Waals surface area contributed by atoms with Crippen molar-refractivity contribution in [3.8, 4) is 0 Å². The summed E-state index contributed by atoms with van der Waals surface area (Å²) in [5, 5.41) is 22.4. The molecule has 0 radical (unpaired) electrons. The highest BCUT2D eigenvalue weighted by Crippen LogP contribution is 2.35. The largest absolute Gasteiger partial charge is 0.462 e. The van der Waals surface area contributed by atoms with E-state index in [9.17, 15) is 24.5 Å². The Labute approximate surface area is 210 Å². The minimum atomic E-state index is -0.679. The summed E-state index contributed by atoms with van der Waals surface area (Å²) < 4.78 is 13.2. The molecule has 0 saturated carbocycles. The monoisotopic (exact) mass is 518 g/mol. The van der Waals surface area contributed by atoms with E-state index in [1.54, 1.807) is 41.5 Å².